The van der Waals surface area contributed by atoms with Gasteiger partial charge < -0.3 is 5.32 Å². The highest BCUT2D eigenvalue weighted by atomic mass is 35.5. The van der Waals surface area contributed by atoms with E-state index in [1.807, 2.05) is 30.3 Å². The Kier molecular flexibility index (Phi) is 7.13. The quantitative estimate of drug-likeness (QED) is 0.561. The number of thiophene rings is 1. The molecule has 2 rings (SSSR count). The topological polar surface area (TPSA) is 29.1 Å². The number of carbonyl (C=O) groups is 1. The molecule has 1 N–H and O–H groups in total. The molecule has 21 heavy (non-hydrogen) atoms. The fourth-order valence-electron chi connectivity index (χ4n) is 1.82. The second-order valence-corrected chi connectivity index (χ2v) is 7.22. The van der Waals surface area contributed by atoms with Crippen LogP contribution < -0.4 is 5.32 Å². The second kappa shape index (κ2) is 9.13. The van der Waals surface area contributed by atoms with Gasteiger partial charge in [0, 0.05) is 27.8 Å². The Labute approximate surface area is 138 Å². The number of nitrogens with one attached hydrogen (secondary N) is 1. The third-order valence-corrected chi connectivity index (χ3v) is 5.19. The Balaban J connectivity index is 1.53. The van der Waals surface area contributed by atoms with Crippen LogP contribution in [0, 0.1) is 0 Å². The van der Waals surface area contributed by atoms with Gasteiger partial charge in [0.1, 0.15) is 0 Å². The van der Waals surface area contributed by atoms with Gasteiger partial charge in [-0.2, -0.15) is 0 Å². The summed E-state index contributed by atoms with van der Waals surface area (Å²) in [6.07, 6.45) is 2.39. The maximum atomic E-state index is 11.7. The molecule has 1 aromatic carbocycles. The molecule has 2 nitrogen and oxygen atoms in total. The Hall–Kier alpha value is -0.970. The molecule has 0 bridgehead atoms. The van der Waals surface area contributed by atoms with E-state index in [-0.39, 0.29) is 5.91 Å². The lowest BCUT2D eigenvalue weighted by molar-refractivity contribution is -0.121. The van der Waals surface area contributed by atoms with Gasteiger partial charge in [-0.15, -0.1) is 23.1 Å². The van der Waals surface area contributed by atoms with Crippen LogP contribution >= 0.6 is 34.7 Å². The van der Waals surface area contributed by atoms with Gasteiger partial charge in [-0.05, 0) is 54.3 Å². The van der Waals surface area contributed by atoms with Crippen LogP contribution in [0.5, 0.6) is 0 Å². The number of benzene rings is 1. The van der Waals surface area contributed by atoms with Crippen molar-refractivity contribution in [2.75, 3.05) is 12.3 Å². The molecule has 0 aliphatic heterocycles. The third-order valence-electron chi connectivity index (χ3n) is 2.90. The van der Waals surface area contributed by atoms with Crippen molar-refractivity contribution in [3.8, 4) is 0 Å². The van der Waals surface area contributed by atoms with Crippen LogP contribution in [0.2, 0.25) is 5.02 Å². The van der Waals surface area contributed by atoms with E-state index in [0.717, 1.165) is 30.2 Å². The highest BCUT2D eigenvalue weighted by Crippen LogP contribution is 2.21. The molecule has 0 saturated heterocycles. The molecule has 0 aliphatic rings. The molecule has 0 saturated carbocycles. The molecule has 1 aromatic heterocycles. The minimum atomic E-state index is 0.142. The molecule has 5 heteroatoms. The first-order valence-electron chi connectivity index (χ1n) is 6.91. The van der Waals surface area contributed by atoms with E-state index < -0.39 is 0 Å². The second-order valence-electron chi connectivity index (χ2n) is 4.59. The van der Waals surface area contributed by atoms with E-state index in [9.17, 15) is 4.79 Å². The van der Waals surface area contributed by atoms with E-state index in [2.05, 4.69) is 16.8 Å². The molecule has 0 radical (unpaired) electrons. The standard InChI is InChI=1S/C16H18ClNOS2/c17-13-5-7-15(8-6-13)21-12-2-4-16(19)18-10-9-14-3-1-11-20-14/h1,3,5-8,11H,2,4,9-10,12H2,(H,18,19). The lowest BCUT2D eigenvalue weighted by Crippen LogP contribution is -2.25. The Morgan fingerprint density at radius 1 is 1.24 bits per heavy atom. The van der Waals surface area contributed by atoms with Gasteiger partial charge in [0.25, 0.3) is 0 Å². The summed E-state index contributed by atoms with van der Waals surface area (Å²) in [7, 11) is 0. The van der Waals surface area contributed by atoms with Crippen molar-refractivity contribution < 1.29 is 4.79 Å². The highest BCUT2D eigenvalue weighted by molar-refractivity contribution is 7.99. The number of rotatable bonds is 8. The van der Waals surface area contributed by atoms with E-state index in [4.69, 9.17) is 11.6 Å². The largest absolute Gasteiger partial charge is 0.356 e. The van der Waals surface area contributed by atoms with E-state index in [1.54, 1.807) is 23.1 Å². The Morgan fingerprint density at radius 2 is 2.05 bits per heavy atom. The van der Waals surface area contributed by atoms with Gasteiger partial charge in [0.15, 0.2) is 0 Å². The zero-order chi connectivity index (χ0) is 14.9. The first kappa shape index (κ1) is 16.4. The normalized spacial score (nSPS) is 10.5. The summed E-state index contributed by atoms with van der Waals surface area (Å²) >= 11 is 9.33. The zero-order valence-electron chi connectivity index (χ0n) is 11.7. The third kappa shape index (κ3) is 6.55. The van der Waals surface area contributed by atoms with Crippen LogP contribution in [0.25, 0.3) is 0 Å². The van der Waals surface area contributed by atoms with Gasteiger partial charge in [-0.25, -0.2) is 0 Å². The summed E-state index contributed by atoms with van der Waals surface area (Å²) in [5, 5.41) is 5.78. The first-order valence-corrected chi connectivity index (χ1v) is 9.16. The molecule has 0 atom stereocenters. The molecule has 0 aliphatic carbocycles. The summed E-state index contributed by atoms with van der Waals surface area (Å²) in [5.74, 6) is 1.09. The van der Waals surface area contributed by atoms with E-state index >= 15 is 0 Å². The molecule has 1 heterocycles. The monoisotopic (exact) mass is 339 g/mol. The molecule has 112 valence electrons. The van der Waals surface area contributed by atoms with Crippen LogP contribution in [0.15, 0.2) is 46.7 Å². The van der Waals surface area contributed by atoms with Crippen molar-refractivity contribution in [3.63, 3.8) is 0 Å². The fraction of sp³-hybridized carbons (Fsp3) is 0.312. The number of carbonyl (C=O) groups excluding carboxylic acids is 1. The minimum absolute atomic E-state index is 0.142. The molecule has 2 aromatic rings. The molecular formula is C16H18ClNOS2. The van der Waals surface area contributed by atoms with Gasteiger partial charge in [-0.3, -0.25) is 4.79 Å². The van der Waals surface area contributed by atoms with Crippen LogP contribution in [0.3, 0.4) is 0 Å². The molecule has 0 unspecified atom stereocenters. The predicted molar refractivity (Wildman–Crippen MR) is 92.4 cm³/mol. The summed E-state index contributed by atoms with van der Waals surface area (Å²) in [4.78, 5) is 14.2. The average molecular weight is 340 g/mol. The summed E-state index contributed by atoms with van der Waals surface area (Å²) < 4.78 is 0. The Morgan fingerprint density at radius 3 is 2.76 bits per heavy atom. The van der Waals surface area contributed by atoms with Crippen molar-refractivity contribution in [1.82, 2.24) is 5.32 Å². The summed E-state index contributed by atoms with van der Waals surface area (Å²) in [5.41, 5.74) is 0. The maximum Gasteiger partial charge on any atom is 0.220 e. The average Bonchev–Trinajstić information content (AvgIpc) is 2.99. The molecule has 0 spiro atoms. The lowest BCUT2D eigenvalue weighted by Gasteiger charge is -2.04. The van der Waals surface area contributed by atoms with Crippen molar-refractivity contribution in [2.45, 2.75) is 24.2 Å². The lowest BCUT2D eigenvalue weighted by atomic mass is 10.3. The SMILES string of the molecule is O=C(CCCSc1ccc(Cl)cc1)NCCc1cccs1. The van der Waals surface area contributed by atoms with Crippen LogP contribution in [0.4, 0.5) is 0 Å². The molecular weight excluding hydrogens is 322 g/mol. The zero-order valence-corrected chi connectivity index (χ0v) is 14.1. The van der Waals surface area contributed by atoms with Crippen molar-refractivity contribution in [1.29, 1.82) is 0 Å². The smallest absolute Gasteiger partial charge is 0.220 e. The predicted octanol–water partition coefficient (Wildman–Crippen LogP) is 4.63. The van der Waals surface area contributed by atoms with E-state index in [0.29, 0.717) is 6.42 Å². The van der Waals surface area contributed by atoms with Crippen molar-refractivity contribution >= 4 is 40.6 Å². The highest BCUT2D eigenvalue weighted by Gasteiger charge is 2.02. The van der Waals surface area contributed by atoms with Crippen molar-refractivity contribution in [2.24, 2.45) is 0 Å². The van der Waals surface area contributed by atoms with Crippen LogP contribution in [-0.2, 0) is 11.2 Å². The van der Waals surface area contributed by atoms with Crippen molar-refractivity contribution in [3.05, 3.63) is 51.7 Å². The van der Waals surface area contributed by atoms with Gasteiger partial charge in [0.2, 0.25) is 5.91 Å². The fourth-order valence-corrected chi connectivity index (χ4v) is 3.51. The number of halogens is 1. The molecule has 0 fully saturated rings. The first-order chi connectivity index (χ1) is 10.2. The van der Waals surface area contributed by atoms with Gasteiger partial charge >= 0.3 is 0 Å². The van der Waals surface area contributed by atoms with E-state index in [1.165, 1.54) is 9.77 Å². The Bertz CT molecular complexity index is 540. The maximum absolute atomic E-state index is 11.7. The van der Waals surface area contributed by atoms with Crippen LogP contribution in [-0.4, -0.2) is 18.2 Å². The summed E-state index contributed by atoms with van der Waals surface area (Å²) in [6, 6.07) is 11.9. The van der Waals surface area contributed by atoms with Crippen LogP contribution in [0.1, 0.15) is 17.7 Å². The number of hydrogen-bond acceptors (Lipinski definition) is 3. The number of amides is 1. The number of thioether (sulfide) groups is 1. The number of hydrogen-bond donors (Lipinski definition) is 1. The van der Waals surface area contributed by atoms with Gasteiger partial charge in [-0.1, -0.05) is 17.7 Å². The summed E-state index contributed by atoms with van der Waals surface area (Å²) in [6.45, 7) is 0.726. The van der Waals surface area contributed by atoms with Gasteiger partial charge in [0.05, 0.1) is 0 Å². The molecule has 1 amide bonds. The minimum Gasteiger partial charge on any atom is -0.356 e.